The molecule has 0 spiro atoms. The number of aromatic nitrogens is 3. The molecule has 0 amide bonds. The predicted octanol–water partition coefficient (Wildman–Crippen LogP) is 4.92. The van der Waals surface area contributed by atoms with Gasteiger partial charge in [-0.3, -0.25) is 4.90 Å². The van der Waals surface area contributed by atoms with Crippen LogP contribution >= 0.6 is 11.6 Å². The molecule has 0 bridgehead atoms. The first-order chi connectivity index (χ1) is 14.2. The van der Waals surface area contributed by atoms with Crippen LogP contribution in [0.2, 0.25) is 5.28 Å². The van der Waals surface area contributed by atoms with E-state index in [4.69, 9.17) is 11.6 Å². The molecular formula is C22H19ClFN5. The van der Waals surface area contributed by atoms with Gasteiger partial charge in [-0.25, -0.2) is 9.37 Å². The smallest absolute Gasteiger partial charge is 0.226 e. The van der Waals surface area contributed by atoms with Crippen molar-refractivity contribution >= 4 is 28.5 Å². The summed E-state index contributed by atoms with van der Waals surface area (Å²) in [6.07, 6.45) is 1.80. The van der Waals surface area contributed by atoms with Gasteiger partial charge in [-0.2, -0.15) is 4.98 Å². The monoisotopic (exact) mass is 407 g/mol. The number of hydrogen-bond acceptors (Lipinski definition) is 4. The Labute approximate surface area is 172 Å². The molecule has 146 valence electrons. The summed E-state index contributed by atoms with van der Waals surface area (Å²) >= 11 is 6.11. The van der Waals surface area contributed by atoms with Gasteiger partial charge >= 0.3 is 0 Å². The molecule has 2 aromatic heterocycles. The summed E-state index contributed by atoms with van der Waals surface area (Å²) in [6, 6.07) is 17.3. The van der Waals surface area contributed by atoms with Crippen LogP contribution in [0.4, 0.5) is 10.2 Å². The number of H-pyrrole nitrogens is 1. The van der Waals surface area contributed by atoms with Crippen molar-refractivity contribution in [2.24, 2.45) is 0 Å². The minimum absolute atomic E-state index is 0.123. The SMILES string of the molecule is Fc1cccc2c1CN(Cc1ccccc1)CC2Nc1nc(Cl)nc2[nH]ccc12. The number of hydrogen-bond donors (Lipinski definition) is 2. The third-order valence-corrected chi connectivity index (χ3v) is 5.47. The fraction of sp³-hybridized carbons (Fsp3) is 0.182. The fourth-order valence-electron chi connectivity index (χ4n) is 3.99. The molecule has 0 aliphatic carbocycles. The Morgan fingerprint density at radius 1 is 1.10 bits per heavy atom. The molecule has 0 saturated carbocycles. The maximum atomic E-state index is 14.7. The normalized spacial score (nSPS) is 16.7. The van der Waals surface area contributed by atoms with E-state index in [2.05, 4.69) is 37.3 Å². The molecule has 3 heterocycles. The first kappa shape index (κ1) is 18.1. The number of nitrogens with one attached hydrogen (secondary N) is 2. The molecular weight excluding hydrogens is 389 g/mol. The van der Waals surface area contributed by atoms with E-state index in [1.807, 2.05) is 30.3 Å². The zero-order valence-corrected chi connectivity index (χ0v) is 16.3. The van der Waals surface area contributed by atoms with E-state index in [1.165, 1.54) is 11.6 Å². The number of aromatic amines is 1. The van der Waals surface area contributed by atoms with Crippen molar-refractivity contribution in [3.63, 3.8) is 0 Å². The highest BCUT2D eigenvalue weighted by molar-refractivity contribution is 6.28. The summed E-state index contributed by atoms with van der Waals surface area (Å²) < 4.78 is 14.7. The van der Waals surface area contributed by atoms with Crippen LogP contribution in [0.3, 0.4) is 0 Å². The van der Waals surface area contributed by atoms with E-state index in [0.717, 1.165) is 29.6 Å². The average Bonchev–Trinajstić information content (AvgIpc) is 3.18. The van der Waals surface area contributed by atoms with E-state index >= 15 is 0 Å². The summed E-state index contributed by atoms with van der Waals surface area (Å²) in [7, 11) is 0. The molecule has 5 nitrogen and oxygen atoms in total. The molecule has 29 heavy (non-hydrogen) atoms. The van der Waals surface area contributed by atoms with E-state index in [9.17, 15) is 4.39 Å². The van der Waals surface area contributed by atoms with Gasteiger partial charge in [0.15, 0.2) is 0 Å². The van der Waals surface area contributed by atoms with Crippen molar-refractivity contribution in [1.29, 1.82) is 0 Å². The number of nitrogens with zero attached hydrogens (tertiary/aromatic N) is 3. The Morgan fingerprint density at radius 2 is 1.97 bits per heavy atom. The molecule has 2 N–H and O–H groups in total. The second kappa shape index (κ2) is 7.46. The quantitative estimate of drug-likeness (QED) is 0.471. The molecule has 5 rings (SSSR count). The van der Waals surface area contributed by atoms with E-state index in [-0.39, 0.29) is 17.1 Å². The van der Waals surface area contributed by atoms with E-state index in [1.54, 1.807) is 12.3 Å². The maximum absolute atomic E-state index is 14.7. The Balaban J connectivity index is 1.50. The zero-order valence-electron chi connectivity index (χ0n) is 15.6. The summed E-state index contributed by atoms with van der Waals surface area (Å²) in [5, 5.41) is 4.51. The fourth-order valence-corrected chi connectivity index (χ4v) is 4.16. The Kier molecular flexibility index (Phi) is 4.66. The first-order valence-electron chi connectivity index (χ1n) is 9.48. The number of fused-ring (bicyclic) bond motifs is 2. The van der Waals surface area contributed by atoms with Gasteiger partial charge in [-0.05, 0) is 34.9 Å². The van der Waals surface area contributed by atoms with Crippen LogP contribution in [0.5, 0.6) is 0 Å². The van der Waals surface area contributed by atoms with Crippen LogP contribution in [0, 0.1) is 5.82 Å². The third kappa shape index (κ3) is 3.57. The van der Waals surface area contributed by atoms with Crippen LogP contribution in [-0.2, 0) is 13.1 Å². The molecule has 1 unspecified atom stereocenters. The highest BCUT2D eigenvalue weighted by Crippen LogP contribution is 2.33. The average molecular weight is 408 g/mol. The lowest BCUT2D eigenvalue weighted by Gasteiger charge is -2.35. The van der Waals surface area contributed by atoms with E-state index < -0.39 is 0 Å². The zero-order chi connectivity index (χ0) is 19.8. The van der Waals surface area contributed by atoms with Crippen LogP contribution in [0.1, 0.15) is 22.7 Å². The van der Waals surface area contributed by atoms with Crippen LogP contribution < -0.4 is 5.32 Å². The van der Waals surface area contributed by atoms with Gasteiger partial charge in [0.25, 0.3) is 0 Å². The minimum atomic E-state index is -0.181. The minimum Gasteiger partial charge on any atom is -0.361 e. The molecule has 2 aromatic carbocycles. The highest BCUT2D eigenvalue weighted by atomic mass is 35.5. The number of anilines is 1. The summed E-state index contributed by atoms with van der Waals surface area (Å²) in [6.45, 7) is 2.04. The van der Waals surface area contributed by atoms with Crippen molar-refractivity contribution in [2.75, 3.05) is 11.9 Å². The third-order valence-electron chi connectivity index (χ3n) is 5.30. The summed E-state index contributed by atoms with van der Waals surface area (Å²) in [5.74, 6) is 0.461. The van der Waals surface area contributed by atoms with Gasteiger partial charge < -0.3 is 10.3 Å². The molecule has 0 fully saturated rings. The van der Waals surface area contributed by atoms with Gasteiger partial charge in [0.2, 0.25) is 5.28 Å². The van der Waals surface area contributed by atoms with Crippen molar-refractivity contribution in [3.8, 4) is 0 Å². The van der Waals surface area contributed by atoms with Crippen LogP contribution in [0.15, 0.2) is 60.8 Å². The number of halogens is 2. The van der Waals surface area contributed by atoms with Gasteiger partial charge in [0, 0.05) is 31.4 Å². The topological polar surface area (TPSA) is 56.8 Å². The molecule has 0 radical (unpaired) electrons. The summed E-state index contributed by atoms with van der Waals surface area (Å²) in [4.78, 5) is 13.9. The lowest BCUT2D eigenvalue weighted by Crippen LogP contribution is -2.37. The lowest BCUT2D eigenvalue weighted by molar-refractivity contribution is 0.224. The Morgan fingerprint density at radius 3 is 2.83 bits per heavy atom. The van der Waals surface area contributed by atoms with Gasteiger partial charge in [-0.1, -0.05) is 42.5 Å². The number of benzene rings is 2. The van der Waals surface area contributed by atoms with Crippen LogP contribution in [-0.4, -0.2) is 26.4 Å². The second-order valence-corrected chi connectivity index (χ2v) is 7.58. The molecule has 1 atom stereocenters. The van der Waals surface area contributed by atoms with Gasteiger partial charge in [-0.15, -0.1) is 0 Å². The van der Waals surface area contributed by atoms with Gasteiger partial charge in [0.05, 0.1) is 11.4 Å². The van der Waals surface area contributed by atoms with E-state index in [0.29, 0.717) is 18.0 Å². The largest absolute Gasteiger partial charge is 0.361 e. The lowest BCUT2D eigenvalue weighted by atomic mass is 9.94. The number of rotatable bonds is 4. The first-order valence-corrected chi connectivity index (χ1v) is 9.86. The Hall–Kier alpha value is -2.96. The molecule has 4 aromatic rings. The summed E-state index contributed by atoms with van der Waals surface area (Å²) in [5.41, 5.74) is 3.54. The highest BCUT2D eigenvalue weighted by Gasteiger charge is 2.28. The van der Waals surface area contributed by atoms with Crippen molar-refractivity contribution in [2.45, 2.75) is 19.1 Å². The standard InChI is InChI=1S/C22H19ClFN5/c23-22-27-20-16(9-10-25-20)21(28-22)26-19-13-29(11-14-5-2-1-3-6-14)12-17-15(19)7-4-8-18(17)24/h1-10,19H,11-13H2,(H2,25,26,27,28). The van der Waals surface area contributed by atoms with Crippen molar-refractivity contribution in [1.82, 2.24) is 19.9 Å². The molecule has 7 heteroatoms. The second-order valence-electron chi connectivity index (χ2n) is 7.24. The predicted molar refractivity (Wildman–Crippen MR) is 112 cm³/mol. The van der Waals surface area contributed by atoms with Crippen LogP contribution in [0.25, 0.3) is 11.0 Å². The maximum Gasteiger partial charge on any atom is 0.226 e. The Bertz CT molecular complexity index is 1160. The molecule has 1 aliphatic heterocycles. The molecule has 1 aliphatic rings. The van der Waals surface area contributed by atoms with Crippen molar-refractivity contribution in [3.05, 3.63) is 88.6 Å². The van der Waals surface area contributed by atoms with Gasteiger partial charge in [0.1, 0.15) is 17.3 Å². The van der Waals surface area contributed by atoms with Crippen molar-refractivity contribution < 1.29 is 4.39 Å². The molecule has 0 saturated heterocycles.